The fourth-order valence-electron chi connectivity index (χ4n) is 2.27. The fourth-order valence-corrected chi connectivity index (χ4v) is 2.53. The zero-order chi connectivity index (χ0) is 15.4. The highest BCUT2D eigenvalue weighted by Gasteiger charge is 2.26. The van der Waals surface area contributed by atoms with Crippen LogP contribution in [-0.4, -0.2) is 30.4 Å². The van der Waals surface area contributed by atoms with Crippen LogP contribution < -0.4 is 4.74 Å². The van der Waals surface area contributed by atoms with Crippen molar-refractivity contribution in [1.82, 2.24) is 4.90 Å². The van der Waals surface area contributed by atoms with E-state index in [9.17, 15) is 13.6 Å². The van der Waals surface area contributed by atoms with E-state index in [-0.39, 0.29) is 12.3 Å². The van der Waals surface area contributed by atoms with Crippen LogP contribution in [0.1, 0.15) is 25.3 Å². The van der Waals surface area contributed by atoms with Gasteiger partial charge in [0, 0.05) is 17.7 Å². The summed E-state index contributed by atoms with van der Waals surface area (Å²) in [6.07, 6.45) is -0.0508. The average molecular weight is 316 g/mol. The Balaban J connectivity index is 2.33. The molecular weight excluding hydrogens is 300 g/mol. The average Bonchev–Trinajstić information content (AvgIpc) is 2.42. The number of halogens is 3. The predicted molar refractivity (Wildman–Crippen MR) is 77.5 cm³/mol. The lowest BCUT2D eigenvalue weighted by molar-refractivity contribution is -0.129. The lowest BCUT2D eigenvalue weighted by atomic mass is 10.0. The molecule has 0 spiro atoms. The molecule has 0 bridgehead atoms. The second kappa shape index (κ2) is 6.89. The smallest absolute Gasteiger partial charge is 0.256 e. The summed E-state index contributed by atoms with van der Waals surface area (Å²) < 4.78 is 30.7. The van der Waals surface area contributed by atoms with Crippen LogP contribution in [0.5, 0.6) is 5.75 Å². The molecule has 0 aliphatic carbocycles. The van der Waals surface area contributed by atoms with E-state index in [4.69, 9.17) is 16.3 Å². The van der Waals surface area contributed by atoms with E-state index in [2.05, 4.69) is 0 Å². The standard InChI is InChI=1S/C15H16ClF2NO2/c1-2-21-10-6-7-11(12(16)8-10)13-4-3-5-15(20)19(13)9-14(17)18/h4,6-8,14H,2-3,5,9H2,1H3. The molecule has 0 saturated heterocycles. The molecule has 0 N–H and O–H groups in total. The molecule has 1 aliphatic rings. The van der Waals surface area contributed by atoms with Crippen molar-refractivity contribution in [2.45, 2.75) is 26.2 Å². The van der Waals surface area contributed by atoms with Gasteiger partial charge in [-0.1, -0.05) is 17.7 Å². The van der Waals surface area contributed by atoms with Gasteiger partial charge in [-0.2, -0.15) is 0 Å². The van der Waals surface area contributed by atoms with Gasteiger partial charge in [0.15, 0.2) is 0 Å². The lowest BCUT2D eigenvalue weighted by Gasteiger charge is -2.29. The van der Waals surface area contributed by atoms with Gasteiger partial charge in [-0.3, -0.25) is 4.79 Å². The predicted octanol–water partition coefficient (Wildman–Crippen LogP) is 3.97. The van der Waals surface area contributed by atoms with Crippen molar-refractivity contribution < 1.29 is 18.3 Å². The third-order valence-corrected chi connectivity index (χ3v) is 3.45. The van der Waals surface area contributed by atoms with Gasteiger partial charge in [0.2, 0.25) is 5.91 Å². The van der Waals surface area contributed by atoms with E-state index in [0.29, 0.717) is 35.1 Å². The number of ether oxygens (including phenoxy) is 1. The Morgan fingerprint density at radius 1 is 1.43 bits per heavy atom. The molecule has 1 amide bonds. The Bertz CT molecular complexity index is 561. The van der Waals surface area contributed by atoms with Crippen molar-refractivity contribution in [2.24, 2.45) is 0 Å². The van der Waals surface area contributed by atoms with Gasteiger partial charge in [-0.25, -0.2) is 8.78 Å². The highest BCUT2D eigenvalue weighted by Crippen LogP contribution is 2.33. The Kier molecular flexibility index (Phi) is 5.17. The summed E-state index contributed by atoms with van der Waals surface area (Å²) in [6, 6.07) is 5.03. The monoisotopic (exact) mass is 315 g/mol. The quantitative estimate of drug-likeness (QED) is 0.823. The van der Waals surface area contributed by atoms with Crippen LogP contribution in [0, 0.1) is 0 Å². The number of benzene rings is 1. The first-order valence-electron chi connectivity index (χ1n) is 6.74. The largest absolute Gasteiger partial charge is 0.494 e. The van der Waals surface area contributed by atoms with Gasteiger partial charge in [-0.05, 0) is 31.5 Å². The molecule has 2 rings (SSSR count). The van der Waals surface area contributed by atoms with Crippen LogP contribution in [0.4, 0.5) is 8.78 Å². The second-order valence-corrected chi connectivity index (χ2v) is 5.01. The first kappa shape index (κ1) is 15.8. The summed E-state index contributed by atoms with van der Waals surface area (Å²) in [5.41, 5.74) is 1.01. The van der Waals surface area contributed by atoms with Crippen LogP contribution in [0.25, 0.3) is 5.70 Å². The van der Waals surface area contributed by atoms with Gasteiger partial charge in [0.25, 0.3) is 6.43 Å². The van der Waals surface area contributed by atoms with E-state index in [1.807, 2.05) is 6.92 Å². The molecule has 1 aliphatic heterocycles. The number of hydrogen-bond acceptors (Lipinski definition) is 2. The molecule has 21 heavy (non-hydrogen) atoms. The minimum Gasteiger partial charge on any atom is -0.494 e. The third-order valence-electron chi connectivity index (χ3n) is 3.14. The maximum Gasteiger partial charge on any atom is 0.256 e. The summed E-state index contributed by atoms with van der Waals surface area (Å²) in [6.45, 7) is 1.75. The number of amides is 1. The van der Waals surface area contributed by atoms with Crippen molar-refractivity contribution in [1.29, 1.82) is 0 Å². The zero-order valence-electron chi connectivity index (χ0n) is 11.6. The molecule has 114 valence electrons. The number of allylic oxidation sites excluding steroid dienone is 1. The summed E-state index contributed by atoms with van der Waals surface area (Å²) in [5, 5.41) is 0.376. The zero-order valence-corrected chi connectivity index (χ0v) is 12.4. The molecule has 0 radical (unpaired) electrons. The minimum atomic E-state index is -2.59. The maximum absolute atomic E-state index is 12.7. The molecule has 1 aromatic carbocycles. The summed E-state index contributed by atoms with van der Waals surface area (Å²) in [4.78, 5) is 13.0. The van der Waals surface area contributed by atoms with E-state index < -0.39 is 13.0 Å². The molecule has 0 saturated carbocycles. The van der Waals surface area contributed by atoms with E-state index in [1.165, 1.54) is 0 Å². The summed E-state index contributed by atoms with van der Waals surface area (Å²) in [7, 11) is 0. The van der Waals surface area contributed by atoms with E-state index >= 15 is 0 Å². The van der Waals surface area contributed by atoms with Crippen LogP contribution >= 0.6 is 11.6 Å². The highest BCUT2D eigenvalue weighted by atomic mass is 35.5. The number of carbonyl (C=O) groups is 1. The molecule has 0 atom stereocenters. The van der Waals surface area contributed by atoms with Crippen LogP contribution in [0.15, 0.2) is 24.3 Å². The number of carbonyl (C=O) groups excluding carboxylic acids is 1. The highest BCUT2D eigenvalue weighted by molar-refractivity contribution is 6.32. The lowest BCUT2D eigenvalue weighted by Crippen LogP contribution is -2.35. The normalized spacial score (nSPS) is 15.4. The molecule has 0 unspecified atom stereocenters. The van der Waals surface area contributed by atoms with E-state index in [0.717, 1.165) is 4.90 Å². The number of rotatable bonds is 5. The first-order valence-corrected chi connectivity index (χ1v) is 7.12. The van der Waals surface area contributed by atoms with Crippen LogP contribution in [0.2, 0.25) is 5.02 Å². The molecule has 1 aromatic rings. The van der Waals surface area contributed by atoms with E-state index in [1.54, 1.807) is 24.3 Å². The maximum atomic E-state index is 12.7. The Labute approximate surface area is 127 Å². The third kappa shape index (κ3) is 3.73. The van der Waals surface area contributed by atoms with Crippen molar-refractivity contribution >= 4 is 23.2 Å². The SMILES string of the molecule is CCOc1ccc(C2=CCCC(=O)N2CC(F)F)c(Cl)c1. The van der Waals surface area contributed by atoms with Gasteiger partial charge in [-0.15, -0.1) is 0 Å². The van der Waals surface area contributed by atoms with Crippen LogP contribution in [-0.2, 0) is 4.79 Å². The minimum absolute atomic E-state index is 0.241. The number of nitrogens with zero attached hydrogens (tertiary/aromatic N) is 1. The van der Waals surface area contributed by atoms with Crippen molar-refractivity contribution in [3.63, 3.8) is 0 Å². The molecular formula is C15H16ClF2NO2. The van der Waals surface area contributed by atoms with Crippen molar-refractivity contribution in [3.05, 3.63) is 34.9 Å². The Morgan fingerprint density at radius 3 is 2.81 bits per heavy atom. The van der Waals surface area contributed by atoms with Crippen molar-refractivity contribution in [3.8, 4) is 5.75 Å². The van der Waals surface area contributed by atoms with Gasteiger partial charge < -0.3 is 9.64 Å². The number of alkyl halides is 2. The second-order valence-electron chi connectivity index (χ2n) is 4.60. The Morgan fingerprint density at radius 2 is 2.19 bits per heavy atom. The molecule has 0 aromatic heterocycles. The fraction of sp³-hybridized carbons (Fsp3) is 0.400. The number of hydrogen-bond donors (Lipinski definition) is 0. The summed E-state index contributed by atoms with van der Waals surface area (Å²) in [5.74, 6) is 0.298. The molecule has 6 heteroatoms. The topological polar surface area (TPSA) is 29.5 Å². The van der Waals surface area contributed by atoms with Gasteiger partial charge in [0.05, 0.1) is 18.2 Å². The molecule has 3 nitrogen and oxygen atoms in total. The molecule has 1 heterocycles. The van der Waals surface area contributed by atoms with Crippen LogP contribution in [0.3, 0.4) is 0 Å². The summed E-state index contributed by atoms with van der Waals surface area (Å²) >= 11 is 6.20. The molecule has 0 fully saturated rings. The van der Waals surface area contributed by atoms with Gasteiger partial charge >= 0.3 is 0 Å². The first-order chi connectivity index (χ1) is 10.0. The van der Waals surface area contributed by atoms with Crippen molar-refractivity contribution in [2.75, 3.05) is 13.2 Å². The van der Waals surface area contributed by atoms with Gasteiger partial charge in [0.1, 0.15) is 5.75 Å². The Hall–Kier alpha value is -1.62.